The average molecular weight is 313 g/mol. The van der Waals surface area contributed by atoms with E-state index in [4.69, 9.17) is 8.94 Å². The molecule has 0 aliphatic carbocycles. The van der Waals surface area contributed by atoms with Crippen molar-refractivity contribution in [2.24, 2.45) is 5.92 Å². The molecule has 2 aromatic heterocycles. The normalized spacial score (nSPS) is 12.7. The van der Waals surface area contributed by atoms with Crippen LogP contribution in [0.5, 0.6) is 0 Å². The standard InChI is InChI=1S/C16H19N5O2/c1-10(2)14(17-9-13-20-19-11(3)22-13)16-18-15(21-23-16)12-7-5-4-6-8-12/h4-8,10,14,17H,9H2,1-3H3/t14-/m1/s1. The largest absolute Gasteiger partial charge is 0.424 e. The molecule has 2 heterocycles. The molecule has 0 aliphatic rings. The lowest BCUT2D eigenvalue weighted by atomic mass is 10.0. The molecule has 3 rings (SSSR count). The fourth-order valence-electron chi connectivity index (χ4n) is 2.28. The van der Waals surface area contributed by atoms with E-state index in [1.165, 1.54) is 0 Å². The van der Waals surface area contributed by atoms with Gasteiger partial charge in [0, 0.05) is 12.5 Å². The Bertz CT molecular complexity index is 751. The predicted octanol–water partition coefficient (Wildman–Crippen LogP) is 2.91. The van der Waals surface area contributed by atoms with Crippen molar-refractivity contribution in [2.45, 2.75) is 33.4 Å². The van der Waals surface area contributed by atoms with E-state index < -0.39 is 0 Å². The van der Waals surface area contributed by atoms with E-state index in [2.05, 4.69) is 39.5 Å². The van der Waals surface area contributed by atoms with Crippen molar-refractivity contribution in [3.05, 3.63) is 48.0 Å². The Kier molecular flexibility index (Phi) is 4.47. The third-order valence-corrected chi connectivity index (χ3v) is 3.45. The zero-order valence-electron chi connectivity index (χ0n) is 13.4. The third kappa shape index (κ3) is 3.62. The summed E-state index contributed by atoms with van der Waals surface area (Å²) in [5, 5.41) is 15.2. The van der Waals surface area contributed by atoms with Gasteiger partial charge in [-0.25, -0.2) is 0 Å². The zero-order chi connectivity index (χ0) is 16.2. The Hall–Kier alpha value is -2.54. The molecule has 23 heavy (non-hydrogen) atoms. The second-order valence-corrected chi connectivity index (χ2v) is 5.64. The van der Waals surface area contributed by atoms with Crippen LogP contribution in [0.3, 0.4) is 0 Å². The summed E-state index contributed by atoms with van der Waals surface area (Å²) in [7, 11) is 0. The number of aryl methyl sites for hydroxylation is 1. The minimum Gasteiger partial charge on any atom is -0.424 e. The summed E-state index contributed by atoms with van der Waals surface area (Å²) < 4.78 is 10.8. The first-order chi connectivity index (χ1) is 11.1. The molecule has 7 nitrogen and oxygen atoms in total. The molecule has 0 spiro atoms. The van der Waals surface area contributed by atoms with Crippen LogP contribution in [0.15, 0.2) is 39.3 Å². The Balaban J connectivity index is 1.75. The molecule has 0 saturated heterocycles. The number of aromatic nitrogens is 4. The summed E-state index contributed by atoms with van der Waals surface area (Å²) in [5.41, 5.74) is 0.928. The molecule has 120 valence electrons. The summed E-state index contributed by atoms with van der Waals surface area (Å²) in [6, 6.07) is 9.66. The van der Waals surface area contributed by atoms with E-state index in [0.29, 0.717) is 30.0 Å². The van der Waals surface area contributed by atoms with Crippen LogP contribution in [0.2, 0.25) is 0 Å². The number of benzene rings is 1. The monoisotopic (exact) mass is 313 g/mol. The fourth-order valence-corrected chi connectivity index (χ4v) is 2.28. The van der Waals surface area contributed by atoms with E-state index in [1.54, 1.807) is 6.92 Å². The van der Waals surface area contributed by atoms with Gasteiger partial charge in [0.2, 0.25) is 23.5 Å². The van der Waals surface area contributed by atoms with Crippen molar-refractivity contribution in [1.29, 1.82) is 0 Å². The first-order valence-corrected chi connectivity index (χ1v) is 7.55. The lowest BCUT2D eigenvalue weighted by Gasteiger charge is -2.17. The van der Waals surface area contributed by atoms with Gasteiger partial charge >= 0.3 is 0 Å². The Morgan fingerprint density at radius 1 is 1.13 bits per heavy atom. The van der Waals surface area contributed by atoms with Gasteiger partial charge in [-0.3, -0.25) is 5.32 Å². The van der Waals surface area contributed by atoms with Crippen molar-refractivity contribution in [3.8, 4) is 11.4 Å². The van der Waals surface area contributed by atoms with Crippen LogP contribution in [0.1, 0.15) is 37.6 Å². The Morgan fingerprint density at radius 2 is 1.91 bits per heavy atom. The van der Waals surface area contributed by atoms with E-state index in [-0.39, 0.29) is 12.0 Å². The predicted molar refractivity (Wildman–Crippen MR) is 83.2 cm³/mol. The van der Waals surface area contributed by atoms with E-state index in [1.807, 2.05) is 30.3 Å². The molecule has 0 unspecified atom stereocenters. The van der Waals surface area contributed by atoms with Gasteiger partial charge in [0.15, 0.2) is 0 Å². The van der Waals surface area contributed by atoms with Gasteiger partial charge in [-0.1, -0.05) is 49.3 Å². The highest BCUT2D eigenvalue weighted by Gasteiger charge is 2.23. The van der Waals surface area contributed by atoms with Crippen molar-refractivity contribution < 1.29 is 8.94 Å². The van der Waals surface area contributed by atoms with E-state index >= 15 is 0 Å². The van der Waals surface area contributed by atoms with Gasteiger partial charge in [-0.15, -0.1) is 10.2 Å². The minimum absolute atomic E-state index is 0.0906. The van der Waals surface area contributed by atoms with Crippen LogP contribution in [-0.2, 0) is 6.54 Å². The highest BCUT2D eigenvalue weighted by atomic mass is 16.5. The van der Waals surface area contributed by atoms with Crippen molar-refractivity contribution >= 4 is 0 Å². The molecular formula is C16H19N5O2. The SMILES string of the molecule is Cc1nnc(CN[C@@H](c2nc(-c3ccccc3)no2)C(C)C)o1. The summed E-state index contributed by atoms with van der Waals surface area (Å²) in [4.78, 5) is 4.51. The zero-order valence-corrected chi connectivity index (χ0v) is 13.4. The van der Waals surface area contributed by atoms with Crippen LogP contribution in [-0.4, -0.2) is 20.3 Å². The molecule has 7 heteroatoms. The van der Waals surface area contributed by atoms with Crippen LogP contribution >= 0.6 is 0 Å². The first kappa shape index (κ1) is 15.4. The van der Waals surface area contributed by atoms with Crippen LogP contribution in [0.25, 0.3) is 11.4 Å². The highest BCUT2D eigenvalue weighted by molar-refractivity contribution is 5.53. The quantitative estimate of drug-likeness (QED) is 0.748. The fraction of sp³-hybridized carbons (Fsp3) is 0.375. The van der Waals surface area contributed by atoms with Crippen molar-refractivity contribution in [2.75, 3.05) is 0 Å². The first-order valence-electron chi connectivity index (χ1n) is 7.55. The second kappa shape index (κ2) is 6.70. The van der Waals surface area contributed by atoms with Gasteiger partial charge in [0.05, 0.1) is 12.6 Å². The van der Waals surface area contributed by atoms with Crippen LogP contribution < -0.4 is 5.32 Å². The Labute approximate surface area is 134 Å². The molecule has 1 atom stereocenters. The Morgan fingerprint density at radius 3 is 2.57 bits per heavy atom. The summed E-state index contributed by atoms with van der Waals surface area (Å²) in [6.07, 6.45) is 0. The molecule has 1 aromatic carbocycles. The topological polar surface area (TPSA) is 89.9 Å². The molecule has 1 N–H and O–H groups in total. The average Bonchev–Trinajstić information content (AvgIpc) is 3.18. The number of nitrogens with zero attached hydrogens (tertiary/aromatic N) is 4. The molecule has 0 saturated carbocycles. The third-order valence-electron chi connectivity index (χ3n) is 3.45. The molecule has 0 radical (unpaired) electrons. The van der Waals surface area contributed by atoms with E-state index in [9.17, 15) is 0 Å². The number of nitrogens with one attached hydrogen (secondary N) is 1. The summed E-state index contributed by atoms with van der Waals surface area (Å²) in [5.74, 6) is 2.49. The maximum atomic E-state index is 5.45. The summed E-state index contributed by atoms with van der Waals surface area (Å²) >= 11 is 0. The molecular weight excluding hydrogens is 294 g/mol. The van der Waals surface area contributed by atoms with Crippen LogP contribution in [0, 0.1) is 12.8 Å². The second-order valence-electron chi connectivity index (χ2n) is 5.64. The molecule has 0 bridgehead atoms. The van der Waals surface area contributed by atoms with Gasteiger partial charge < -0.3 is 8.94 Å². The summed E-state index contributed by atoms with van der Waals surface area (Å²) in [6.45, 7) is 6.39. The van der Waals surface area contributed by atoms with Gasteiger partial charge in [-0.2, -0.15) is 4.98 Å². The molecule has 3 aromatic rings. The molecule has 0 aliphatic heterocycles. The van der Waals surface area contributed by atoms with Gasteiger partial charge in [0.25, 0.3) is 0 Å². The highest BCUT2D eigenvalue weighted by Crippen LogP contribution is 2.23. The lowest BCUT2D eigenvalue weighted by Crippen LogP contribution is -2.25. The number of hydrogen-bond donors (Lipinski definition) is 1. The molecule has 0 fully saturated rings. The van der Waals surface area contributed by atoms with Gasteiger partial charge in [0.1, 0.15) is 0 Å². The minimum atomic E-state index is -0.0906. The number of rotatable bonds is 6. The van der Waals surface area contributed by atoms with Gasteiger partial charge in [-0.05, 0) is 5.92 Å². The van der Waals surface area contributed by atoms with Crippen molar-refractivity contribution in [1.82, 2.24) is 25.7 Å². The van der Waals surface area contributed by atoms with E-state index in [0.717, 1.165) is 5.56 Å². The molecule has 0 amide bonds. The van der Waals surface area contributed by atoms with Crippen molar-refractivity contribution in [3.63, 3.8) is 0 Å². The maximum Gasteiger partial charge on any atom is 0.244 e. The smallest absolute Gasteiger partial charge is 0.244 e. The maximum absolute atomic E-state index is 5.45. The lowest BCUT2D eigenvalue weighted by molar-refractivity contribution is 0.280. The van der Waals surface area contributed by atoms with Crippen LogP contribution in [0.4, 0.5) is 0 Å². The number of hydrogen-bond acceptors (Lipinski definition) is 7.